The maximum absolute atomic E-state index is 5.79. The number of nitrogens with zero attached hydrogens (tertiary/aromatic N) is 3. The molecule has 23 heavy (non-hydrogen) atoms. The number of rotatable bonds is 3. The van der Waals surface area contributed by atoms with Crippen molar-refractivity contribution >= 4 is 5.84 Å². The summed E-state index contributed by atoms with van der Waals surface area (Å²) in [5, 5.41) is 11.6. The van der Waals surface area contributed by atoms with Crippen LogP contribution in [0.15, 0.2) is 57.9 Å². The molecule has 0 saturated heterocycles. The zero-order valence-corrected chi connectivity index (χ0v) is 12.8. The maximum atomic E-state index is 5.79. The first-order valence-electron chi connectivity index (χ1n) is 7.59. The fourth-order valence-corrected chi connectivity index (χ4v) is 2.51. The molecule has 2 aromatic carbocycles. The summed E-state index contributed by atoms with van der Waals surface area (Å²) in [7, 11) is 0. The van der Waals surface area contributed by atoms with Crippen LogP contribution in [-0.2, 0) is 0 Å². The summed E-state index contributed by atoms with van der Waals surface area (Å²) in [5.41, 5.74) is 4.10. The number of amidine groups is 1. The van der Waals surface area contributed by atoms with Crippen LogP contribution in [0.4, 0.5) is 0 Å². The average Bonchev–Trinajstić information content (AvgIpc) is 3.28. The minimum atomic E-state index is 0.522. The van der Waals surface area contributed by atoms with Crippen molar-refractivity contribution in [1.29, 1.82) is 0 Å². The third-order valence-electron chi connectivity index (χ3n) is 3.80. The van der Waals surface area contributed by atoms with Crippen LogP contribution in [0.3, 0.4) is 0 Å². The Kier molecular flexibility index (Phi) is 3.38. The summed E-state index contributed by atoms with van der Waals surface area (Å²) in [6.45, 7) is 3.79. The normalized spacial score (nSPS) is 13.7. The van der Waals surface area contributed by atoms with Gasteiger partial charge in [0.1, 0.15) is 5.84 Å². The Morgan fingerprint density at radius 2 is 1.39 bits per heavy atom. The van der Waals surface area contributed by atoms with Gasteiger partial charge in [-0.15, -0.1) is 10.2 Å². The monoisotopic (exact) mass is 304 g/mol. The highest BCUT2D eigenvalue weighted by Crippen LogP contribution is 2.24. The molecule has 3 aromatic rings. The molecule has 1 aliphatic rings. The smallest absolute Gasteiger partial charge is 0.248 e. The van der Waals surface area contributed by atoms with E-state index in [0.29, 0.717) is 11.8 Å². The van der Waals surface area contributed by atoms with Crippen LogP contribution in [0.1, 0.15) is 11.1 Å². The minimum absolute atomic E-state index is 0.522. The van der Waals surface area contributed by atoms with Crippen molar-refractivity contribution in [2.24, 2.45) is 4.99 Å². The Morgan fingerprint density at radius 3 is 1.96 bits per heavy atom. The fourth-order valence-electron chi connectivity index (χ4n) is 2.51. The molecule has 0 radical (unpaired) electrons. The Morgan fingerprint density at radius 1 is 0.826 bits per heavy atom. The highest BCUT2D eigenvalue weighted by molar-refractivity contribution is 5.99. The van der Waals surface area contributed by atoms with Crippen LogP contribution in [0.5, 0.6) is 0 Å². The molecule has 5 heteroatoms. The number of aliphatic imine (C=N–C) groups is 1. The molecule has 0 aliphatic carbocycles. The van der Waals surface area contributed by atoms with Crippen LogP contribution >= 0.6 is 0 Å². The lowest BCUT2D eigenvalue weighted by Crippen LogP contribution is -2.19. The molecule has 2 heterocycles. The van der Waals surface area contributed by atoms with Gasteiger partial charge in [-0.25, -0.2) is 0 Å². The molecule has 1 N–H and O–H groups in total. The number of aryl methyl sites for hydroxylation is 1. The molecule has 114 valence electrons. The average molecular weight is 304 g/mol. The van der Waals surface area contributed by atoms with Crippen LogP contribution < -0.4 is 5.32 Å². The predicted molar refractivity (Wildman–Crippen MR) is 89.3 cm³/mol. The van der Waals surface area contributed by atoms with Crippen molar-refractivity contribution in [2.75, 3.05) is 13.1 Å². The van der Waals surface area contributed by atoms with Crippen molar-refractivity contribution in [3.8, 4) is 22.9 Å². The lowest BCUT2D eigenvalue weighted by atomic mass is 10.1. The van der Waals surface area contributed by atoms with E-state index in [9.17, 15) is 0 Å². The molecular formula is C18H16N4O. The first-order chi connectivity index (χ1) is 11.3. The SMILES string of the molecule is Cc1ccc(-c2nnc(-c3ccc(C4=NCCN4)cc3)o2)cc1. The molecule has 0 atom stereocenters. The highest BCUT2D eigenvalue weighted by Gasteiger charge is 2.12. The van der Waals surface area contributed by atoms with Crippen molar-refractivity contribution in [2.45, 2.75) is 6.92 Å². The second-order valence-electron chi connectivity index (χ2n) is 5.51. The number of hydrogen-bond acceptors (Lipinski definition) is 5. The van der Waals surface area contributed by atoms with Gasteiger partial charge in [-0.05, 0) is 31.2 Å². The molecule has 0 amide bonds. The van der Waals surface area contributed by atoms with Crippen molar-refractivity contribution in [1.82, 2.24) is 15.5 Å². The van der Waals surface area contributed by atoms with Gasteiger partial charge in [0.15, 0.2) is 0 Å². The van der Waals surface area contributed by atoms with E-state index in [-0.39, 0.29) is 0 Å². The first kappa shape index (κ1) is 13.7. The second-order valence-corrected chi connectivity index (χ2v) is 5.51. The number of benzene rings is 2. The summed E-state index contributed by atoms with van der Waals surface area (Å²) in [4.78, 5) is 4.41. The van der Waals surface area contributed by atoms with Gasteiger partial charge in [0.25, 0.3) is 0 Å². The van der Waals surface area contributed by atoms with E-state index in [1.807, 2.05) is 55.5 Å². The van der Waals surface area contributed by atoms with Crippen molar-refractivity contribution in [3.05, 3.63) is 59.7 Å². The molecular weight excluding hydrogens is 288 g/mol. The van der Waals surface area contributed by atoms with Crippen LogP contribution in [0, 0.1) is 6.92 Å². The lowest BCUT2D eigenvalue weighted by molar-refractivity contribution is 0.584. The second kappa shape index (κ2) is 5.68. The standard InChI is InChI=1S/C18H16N4O/c1-12-2-4-14(5-3-12)17-21-22-18(23-17)15-8-6-13(7-9-15)16-19-10-11-20-16/h2-9H,10-11H2,1H3,(H,19,20). The number of aromatic nitrogens is 2. The van der Waals surface area contributed by atoms with E-state index in [2.05, 4.69) is 20.5 Å². The molecule has 0 fully saturated rings. The van der Waals surface area contributed by atoms with Gasteiger partial charge in [0.05, 0.1) is 6.54 Å². The van der Waals surface area contributed by atoms with Gasteiger partial charge in [0, 0.05) is 23.2 Å². The summed E-state index contributed by atoms with van der Waals surface area (Å²) in [6, 6.07) is 16.0. The molecule has 0 bridgehead atoms. The van der Waals surface area contributed by atoms with Crippen molar-refractivity contribution in [3.63, 3.8) is 0 Å². The van der Waals surface area contributed by atoms with Crippen LogP contribution in [0.25, 0.3) is 22.9 Å². The van der Waals surface area contributed by atoms with Gasteiger partial charge in [-0.1, -0.05) is 29.8 Å². The van der Waals surface area contributed by atoms with Gasteiger partial charge < -0.3 is 9.73 Å². The Labute approximate surface area is 134 Å². The van der Waals surface area contributed by atoms with Gasteiger partial charge in [-0.3, -0.25) is 4.99 Å². The van der Waals surface area contributed by atoms with E-state index in [1.165, 1.54) is 5.56 Å². The van der Waals surface area contributed by atoms with Crippen LogP contribution in [-0.4, -0.2) is 29.1 Å². The largest absolute Gasteiger partial charge is 0.416 e. The zero-order valence-electron chi connectivity index (χ0n) is 12.8. The molecule has 5 nitrogen and oxygen atoms in total. The van der Waals surface area contributed by atoms with Crippen LogP contribution in [0.2, 0.25) is 0 Å². The Balaban J connectivity index is 1.60. The number of nitrogens with one attached hydrogen (secondary N) is 1. The first-order valence-corrected chi connectivity index (χ1v) is 7.59. The Hall–Kier alpha value is -2.95. The van der Waals surface area contributed by atoms with Gasteiger partial charge >= 0.3 is 0 Å². The highest BCUT2D eigenvalue weighted by atomic mass is 16.4. The summed E-state index contributed by atoms with van der Waals surface area (Å²) in [6.07, 6.45) is 0. The quantitative estimate of drug-likeness (QED) is 0.807. The fraction of sp³-hybridized carbons (Fsp3) is 0.167. The zero-order chi connectivity index (χ0) is 15.6. The molecule has 1 aliphatic heterocycles. The molecule has 0 spiro atoms. The molecule has 4 rings (SSSR count). The Bertz CT molecular complexity index is 847. The van der Waals surface area contributed by atoms with Crippen molar-refractivity contribution < 1.29 is 4.42 Å². The van der Waals surface area contributed by atoms with Gasteiger partial charge in [-0.2, -0.15) is 0 Å². The predicted octanol–water partition coefficient (Wildman–Crippen LogP) is 3.06. The third kappa shape index (κ3) is 2.73. The van der Waals surface area contributed by atoms with E-state index >= 15 is 0 Å². The third-order valence-corrected chi connectivity index (χ3v) is 3.80. The van der Waals surface area contributed by atoms with Gasteiger partial charge in [0.2, 0.25) is 11.8 Å². The molecule has 0 unspecified atom stereocenters. The number of hydrogen-bond donors (Lipinski definition) is 1. The van der Waals surface area contributed by atoms with E-state index in [1.54, 1.807) is 0 Å². The summed E-state index contributed by atoms with van der Waals surface area (Å²) in [5.74, 6) is 2.00. The van der Waals surface area contributed by atoms with E-state index < -0.39 is 0 Å². The lowest BCUT2D eigenvalue weighted by Gasteiger charge is -2.02. The van der Waals surface area contributed by atoms with E-state index in [4.69, 9.17) is 4.42 Å². The topological polar surface area (TPSA) is 63.3 Å². The minimum Gasteiger partial charge on any atom is -0.416 e. The molecule has 1 aromatic heterocycles. The maximum Gasteiger partial charge on any atom is 0.248 e. The molecule has 0 saturated carbocycles. The summed E-state index contributed by atoms with van der Waals surface area (Å²) < 4.78 is 5.79. The summed E-state index contributed by atoms with van der Waals surface area (Å²) >= 11 is 0. The van der Waals surface area contributed by atoms with E-state index in [0.717, 1.165) is 35.6 Å².